The molecule has 4 atom stereocenters. The fraction of sp³-hybridized carbons (Fsp3) is 0.917. The van der Waals surface area contributed by atoms with Gasteiger partial charge in [-0.2, -0.15) is 0 Å². The van der Waals surface area contributed by atoms with Gasteiger partial charge < -0.3 is 24.2 Å². The molecule has 3 heterocycles. The zero-order valence-electron chi connectivity index (χ0n) is 11.9. The molecule has 0 radical (unpaired) electrons. The van der Waals surface area contributed by atoms with E-state index in [-0.39, 0.29) is 24.7 Å². The summed E-state index contributed by atoms with van der Waals surface area (Å²) < 4.78 is 16.2. The van der Waals surface area contributed by atoms with Gasteiger partial charge in [0.1, 0.15) is 18.3 Å². The molecule has 0 spiro atoms. The summed E-state index contributed by atoms with van der Waals surface area (Å²) in [6, 6.07) is 0. The molecule has 10 nitrogen and oxygen atoms in total. The molecule has 0 aliphatic carbocycles. The summed E-state index contributed by atoms with van der Waals surface area (Å²) >= 11 is 0. The highest BCUT2D eigenvalue weighted by molar-refractivity contribution is 5.68. The first kappa shape index (κ1) is 15.9. The molecule has 0 bridgehead atoms. The molecular weight excluding hydrogens is 300 g/mol. The quantitative estimate of drug-likeness (QED) is 0.569. The molecule has 3 fully saturated rings. The van der Waals surface area contributed by atoms with E-state index in [1.807, 2.05) is 0 Å². The van der Waals surface area contributed by atoms with Crippen molar-refractivity contribution in [2.24, 2.45) is 0 Å². The Bertz CT molecular complexity index is 401. The molecule has 3 aliphatic heterocycles. The third kappa shape index (κ3) is 3.33. The number of carbonyl (C=O) groups excluding carboxylic acids is 1. The SMILES string of the molecule is O=C(O[C@@H]1CO[C@H]2[C@@H]1OC[C@H]2O)N1CCC(ON(O)O)CC1. The van der Waals surface area contributed by atoms with Gasteiger partial charge in [-0.3, -0.25) is 10.4 Å². The van der Waals surface area contributed by atoms with Gasteiger partial charge in [0.15, 0.2) is 6.10 Å². The predicted octanol–water partition coefficient (Wildman–Crippen LogP) is -0.873. The smallest absolute Gasteiger partial charge is 0.410 e. The lowest BCUT2D eigenvalue weighted by Crippen LogP contribution is -2.45. The van der Waals surface area contributed by atoms with E-state index in [4.69, 9.17) is 29.5 Å². The number of rotatable bonds is 3. The highest BCUT2D eigenvalue weighted by Crippen LogP contribution is 2.29. The summed E-state index contributed by atoms with van der Waals surface area (Å²) in [6.45, 7) is 1.18. The van der Waals surface area contributed by atoms with Crippen LogP contribution < -0.4 is 0 Å². The van der Waals surface area contributed by atoms with Crippen molar-refractivity contribution in [2.75, 3.05) is 26.3 Å². The largest absolute Gasteiger partial charge is 0.441 e. The number of aliphatic hydroxyl groups excluding tert-OH is 1. The summed E-state index contributed by atoms with van der Waals surface area (Å²) in [5.74, 6) is 0. The number of likely N-dealkylation sites (tertiary alicyclic amines) is 1. The summed E-state index contributed by atoms with van der Waals surface area (Å²) in [5.41, 5.74) is 0. The molecule has 3 rings (SSSR count). The number of amides is 1. The van der Waals surface area contributed by atoms with Crippen LogP contribution in [0.25, 0.3) is 0 Å². The lowest BCUT2D eigenvalue weighted by Gasteiger charge is -2.32. The second kappa shape index (κ2) is 6.62. The highest BCUT2D eigenvalue weighted by atomic mass is 17.1. The molecule has 3 N–H and O–H groups in total. The number of aliphatic hydroxyl groups is 1. The van der Waals surface area contributed by atoms with Crippen molar-refractivity contribution >= 4 is 6.09 Å². The van der Waals surface area contributed by atoms with Gasteiger partial charge in [0.05, 0.1) is 24.7 Å². The van der Waals surface area contributed by atoms with Gasteiger partial charge in [-0.25, -0.2) is 9.63 Å². The summed E-state index contributed by atoms with van der Waals surface area (Å²) in [7, 11) is 0. The van der Waals surface area contributed by atoms with Gasteiger partial charge in [-0.05, 0) is 12.8 Å². The maximum absolute atomic E-state index is 12.1. The van der Waals surface area contributed by atoms with Gasteiger partial charge in [0.2, 0.25) is 0 Å². The first-order chi connectivity index (χ1) is 10.5. The van der Waals surface area contributed by atoms with E-state index in [1.165, 1.54) is 4.90 Å². The molecule has 1 amide bonds. The average Bonchev–Trinajstić information content (AvgIpc) is 3.03. The van der Waals surface area contributed by atoms with Crippen molar-refractivity contribution in [1.29, 1.82) is 0 Å². The molecule has 0 aromatic carbocycles. The molecule has 0 saturated carbocycles. The van der Waals surface area contributed by atoms with Crippen LogP contribution in [0.2, 0.25) is 0 Å². The van der Waals surface area contributed by atoms with Crippen LogP contribution in [0.1, 0.15) is 12.8 Å². The fourth-order valence-electron chi connectivity index (χ4n) is 3.03. The van der Waals surface area contributed by atoms with E-state index in [1.54, 1.807) is 0 Å². The van der Waals surface area contributed by atoms with E-state index in [2.05, 4.69) is 0 Å². The van der Waals surface area contributed by atoms with Crippen molar-refractivity contribution in [2.45, 2.75) is 43.4 Å². The van der Waals surface area contributed by atoms with Crippen LogP contribution in [-0.4, -0.2) is 88.7 Å². The Labute approximate surface area is 126 Å². The van der Waals surface area contributed by atoms with Gasteiger partial charge in [0, 0.05) is 13.1 Å². The molecule has 126 valence electrons. The standard InChI is InChI=1S/C12H20N2O8/c15-8-5-19-11-9(6-20-10(8)11)21-12(16)13-3-1-7(2-4-13)22-14(17)18/h7-11,15,17-18H,1-6H2/t8-,9-,10-,11-/m1/s1. The van der Waals surface area contributed by atoms with Crippen molar-refractivity contribution in [3.05, 3.63) is 0 Å². The maximum atomic E-state index is 12.1. The molecular formula is C12H20N2O8. The molecule has 0 aromatic heterocycles. The number of nitrogens with zero attached hydrogens (tertiary/aromatic N) is 2. The van der Waals surface area contributed by atoms with Crippen LogP contribution in [0.3, 0.4) is 0 Å². The summed E-state index contributed by atoms with van der Waals surface area (Å²) in [6.07, 6.45) is -1.94. The average molecular weight is 320 g/mol. The predicted molar refractivity (Wildman–Crippen MR) is 66.8 cm³/mol. The Morgan fingerprint density at radius 2 is 1.82 bits per heavy atom. The van der Waals surface area contributed by atoms with E-state index in [9.17, 15) is 9.90 Å². The van der Waals surface area contributed by atoms with E-state index < -0.39 is 30.5 Å². The number of fused-ring (bicyclic) bond motifs is 1. The second-order valence-corrected chi connectivity index (χ2v) is 5.63. The van der Waals surface area contributed by atoms with Crippen LogP contribution in [0, 0.1) is 0 Å². The number of piperidine rings is 1. The minimum atomic E-state index is -0.679. The molecule has 10 heteroatoms. The zero-order chi connectivity index (χ0) is 15.7. The van der Waals surface area contributed by atoms with E-state index in [0.717, 1.165) is 0 Å². The summed E-state index contributed by atoms with van der Waals surface area (Å²) in [5, 5.41) is 26.5. The lowest BCUT2D eigenvalue weighted by molar-refractivity contribution is -0.506. The Kier molecular flexibility index (Phi) is 4.78. The molecule has 3 saturated heterocycles. The van der Waals surface area contributed by atoms with Crippen molar-refractivity contribution in [3.8, 4) is 0 Å². The van der Waals surface area contributed by atoms with Gasteiger partial charge in [-0.1, -0.05) is 0 Å². The van der Waals surface area contributed by atoms with Crippen molar-refractivity contribution in [3.63, 3.8) is 0 Å². The second-order valence-electron chi connectivity index (χ2n) is 5.63. The minimum Gasteiger partial charge on any atom is -0.441 e. The number of carbonyl (C=O) groups is 1. The van der Waals surface area contributed by atoms with Crippen molar-refractivity contribution < 1.29 is 39.4 Å². The molecule has 0 unspecified atom stereocenters. The van der Waals surface area contributed by atoms with Gasteiger partial charge in [0.25, 0.3) is 0 Å². The van der Waals surface area contributed by atoms with Crippen LogP contribution in [0.15, 0.2) is 0 Å². The van der Waals surface area contributed by atoms with Crippen molar-refractivity contribution in [1.82, 2.24) is 10.3 Å². The number of hydrogen-bond acceptors (Lipinski definition) is 9. The van der Waals surface area contributed by atoms with Crippen LogP contribution in [0.5, 0.6) is 0 Å². The topological polar surface area (TPSA) is 121 Å². The lowest BCUT2D eigenvalue weighted by atomic mass is 10.1. The molecule has 3 aliphatic rings. The third-order valence-corrected chi connectivity index (χ3v) is 4.18. The van der Waals surface area contributed by atoms with Crippen LogP contribution in [-0.2, 0) is 19.0 Å². The zero-order valence-corrected chi connectivity index (χ0v) is 11.9. The minimum absolute atomic E-state index is 0.185. The monoisotopic (exact) mass is 320 g/mol. The first-order valence-corrected chi connectivity index (χ1v) is 7.26. The summed E-state index contributed by atoms with van der Waals surface area (Å²) in [4.78, 5) is 18.4. The highest BCUT2D eigenvalue weighted by Gasteiger charge is 2.49. The first-order valence-electron chi connectivity index (χ1n) is 7.26. The van der Waals surface area contributed by atoms with Gasteiger partial charge >= 0.3 is 6.09 Å². The van der Waals surface area contributed by atoms with Gasteiger partial charge in [-0.15, -0.1) is 0 Å². The molecule has 0 aromatic rings. The number of ether oxygens (including phenoxy) is 3. The van der Waals surface area contributed by atoms with E-state index >= 15 is 0 Å². The fourth-order valence-corrected chi connectivity index (χ4v) is 3.03. The maximum Gasteiger partial charge on any atom is 0.410 e. The Balaban J connectivity index is 1.45. The Morgan fingerprint density at radius 3 is 2.50 bits per heavy atom. The number of hydrogen-bond donors (Lipinski definition) is 3. The van der Waals surface area contributed by atoms with Crippen LogP contribution >= 0.6 is 0 Å². The Hall–Kier alpha value is -1.01. The molecule has 22 heavy (non-hydrogen) atoms. The Morgan fingerprint density at radius 1 is 1.14 bits per heavy atom. The van der Waals surface area contributed by atoms with E-state index in [0.29, 0.717) is 25.9 Å². The van der Waals surface area contributed by atoms with Crippen LogP contribution in [0.4, 0.5) is 4.79 Å². The third-order valence-electron chi connectivity index (χ3n) is 4.18. The normalized spacial score (nSPS) is 35.9.